The van der Waals surface area contributed by atoms with Gasteiger partial charge in [-0.3, -0.25) is 0 Å². The average molecular weight is 432 g/mol. The molecule has 2 amide bonds. The summed E-state index contributed by atoms with van der Waals surface area (Å²) in [6, 6.07) is -0.0226. The number of hydrogen-bond donors (Lipinski definition) is 1. The summed E-state index contributed by atoms with van der Waals surface area (Å²) in [6.07, 6.45) is 1.10. The Labute approximate surface area is 181 Å². The molecule has 1 N–H and O–H groups in total. The summed E-state index contributed by atoms with van der Waals surface area (Å²) >= 11 is 0. The Hall–Kier alpha value is -2.19. The van der Waals surface area contributed by atoms with E-state index in [2.05, 4.69) is 10.0 Å². The lowest BCUT2D eigenvalue weighted by atomic mass is 10.0. The molecule has 2 heterocycles. The van der Waals surface area contributed by atoms with Gasteiger partial charge in [-0.15, -0.1) is 0 Å². The van der Waals surface area contributed by atoms with Crippen LogP contribution < -0.4 is 0 Å². The summed E-state index contributed by atoms with van der Waals surface area (Å²) in [4.78, 5) is 28.8. The van der Waals surface area contributed by atoms with Gasteiger partial charge in [0.2, 0.25) is 0 Å². The summed E-state index contributed by atoms with van der Waals surface area (Å²) < 4.78 is 10.4. The number of likely N-dealkylation sites (tertiary alicyclic amines) is 2. The molecule has 0 saturated carbocycles. The molecule has 0 aliphatic carbocycles. The van der Waals surface area contributed by atoms with Crippen LogP contribution in [0.15, 0.2) is 5.11 Å². The van der Waals surface area contributed by atoms with Gasteiger partial charge in [0, 0.05) is 30.6 Å². The van der Waals surface area contributed by atoms with Crippen molar-refractivity contribution in [2.24, 2.45) is 5.11 Å². The summed E-state index contributed by atoms with van der Waals surface area (Å²) in [5.74, 6) is 0. The van der Waals surface area contributed by atoms with Crippen LogP contribution in [0, 0.1) is 0 Å². The molecule has 10 nitrogen and oxygen atoms in total. The first-order valence-electron chi connectivity index (χ1n) is 9.49. The van der Waals surface area contributed by atoms with Crippen LogP contribution in [0.4, 0.5) is 9.59 Å². The third kappa shape index (κ3) is 10.0. The van der Waals surface area contributed by atoms with Crippen LogP contribution in [0.2, 0.25) is 0 Å². The lowest BCUT2D eigenvalue weighted by Crippen LogP contribution is -2.54. The first-order chi connectivity index (χ1) is 12.9. The van der Waals surface area contributed by atoms with E-state index < -0.39 is 11.2 Å². The standard InChI is InChI=1S/C9H16N4O2.C9H17NO3.2CH4/c1-9(2,3)15-8(14)13-5-4-7(13)6-11-12-10;1-9(2,3)13-8(12)10-5-4-7(10)6-11;;/h7H,4-6H2,1-3H3;7,11H,4-6H2,1-3H3;2*1H4/t2*7-;;/m11../s1. The van der Waals surface area contributed by atoms with Crippen molar-refractivity contribution < 1.29 is 24.2 Å². The highest BCUT2D eigenvalue weighted by molar-refractivity contribution is 5.70. The molecule has 2 atom stereocenters. The maximum Gasteiger partial charge on any atom is 0.410 e. The van der Waals surface area contributed by atoms with E-state index in [0.29, 0.717) is 19.6 Å². The highest BCUT2D eigenvalue weighted by atomic mass is 16.6. The van der Waals surface area contributed by atoms with Gasteiger partial charge >= 0.3 is 12.2 Å². The molecule has 30 heavy (non-hydrogen) atoms. The molecule has 0 unspecified atom stereocenters. The number of carbonyl (C=O) groups excluding carboxylic acids is 2. The number of aliphatic hydroxyl groups excluding tert-OH is 1. The number of aliphatic hydroxyl groups is 1. The van der Waals surface area contributed by atoms with Gasteiger partial charge in [0.05, 0.1) is 12.6 Å². The zero-order valence-electron chi connectivity index (χ0n) is 17.7. The van der Waals surface area contributed by atoms with E-state index in [4.69, 9.17) is 20.1 Å². The maximum atomic E-state index is 11.6. The number of azide groups is 1. The van der Waals surface area contributed by atoms with E-state index in [-0.39, 0.29) is 45.7 Å². The van der Waals surface area contributed by atoms with E-state index in [0.717, 1.165) is 12.8 Å². The van der Waals surface area contributed by atoms with Crippen molar-refractivity contribution in [3.05, 3.63) is 10.4 Å². The van der Waals surface area contributed by atoms with Gasteiger partial charge in [-0.05, 0) is 59.9 Å². The second-order valence-electron chi connectivity index (χ2n) is 8.83. The molecule has 0 aromatic rings. The lowest BCUT2D eigenvalue weighted by Gasteiger charge is -2.40. The van der Waals surface area contributed by atoms with Crippen LogP contribution in [-0.4, -0.2) is 76.6 Å². The largest absolute Gasteiger partial charge is 0.444 e. The molecule has 2 aliphatic rings. The quantitative estimate of drug-likeness (QED) is 0.398. The third-order valence-corrected chi connectivity index (χ3v) is 4.11. The topological polar surface area (TPSA) is 128 Å². The predicted molar refractivity (Wildman–Crippen MR) is 117 cm³/mol. The Balaban J connectivity index is 0. The van der Waals surface area contributed by atoms with Gasteiger partial charge < -0.3 is 24.4 Å². The smallest absolute Gasteiger partial charge is 0.410 e. The molecule has 2 aliphatic heterocycles. The Bertz CT molecular complexity index is 591. The first kappa shape index (κ1) is 30.0. The highest BCUT2D eigenvalue weighted by Crippen LogP contribution is 2.22. The van der Waals surface area contributed by atoms with Crippen molar-refractivity contribution in [1.29, 1.82) is 0 Å². The van der Waals surface area contributed by atoms with E-state index in [1.54, 1.807) is 9.80 Å². The molecule has 0 spiro atoms. The number of rotatable bonds is 3. The van der Waals surface area contributed by atoms with E-state index in [9.17, 15) is 9.59 Å². The van der Waals surface area contributed by atoms with Crippen molar-refractivity contribution in [2.75, 3.05) is 26.2 Å². The minimum absolute atomic E-state index is 0. The van der Waals surface area contributed by atoms with E-state index >= 15 is 0 Å². The van der Waals surface area contributed by atoms with Crippen LogP contribution in [0.3, 0.4) is 0 Å². The van der Waals surface area contributed by atoms with Crippen molar-refractivity contribution in [3.8, 4) is 0 Å². The first-order valence-corrected chi connectivity index (χ1v) is 9.49. The number of amides is 2. The van der Waals surface area contributed by atoms with Gasteiger partial charge in [-0.1, -0.05) is 20.0 Å². The van der Waals surface area contributed by atoms with Crippen molar-refractivity contribution in [1.82, 2.24) is 9.80 Å². The predicted octanol–water partition coefficient (Wildman–Crippen LogP) is 4.57. The van der Waals surface area contributed by atoms with Gasteiger partial charge in [0.1, 0.15) is 11.2 Å². The zero-order chi connectivity index (χ0) is 21.5. The van der Waals surface area contributed by atoms with E-state index in [1.165, 1.54) is 0 Å². The monoisotopic (exact) mass is 431 g/mol. The normalized spacial score (nSPS) is 19.8. The SMILES string of the molecule is C.C.CC(C)(C)OC(=O)N1CC[C@@H]1CN=[N+]=[N-].CC(C)(C)OC(=O)N1CC[C@@H]1CO. The van der Waals surface area contributed by atoms with Gasteiger partial charge in [-0.2, -0.15) is 0 Å². The summed E-state index contributed by atoms with van der Waals surface area (Å²) in [6.45, 7) is 12.7. The van der Waals surface area contributed by atoms with Gasteiger partial charge in [0.25, 0.3) is 0 Å². The Morgan fingerprint density at radius 3 is 1.63 bits per heavy atom. The number of carbonyl (C=O) groups is 2. The molecule has 2 saturated heterocycles. The number of nitrogens with zero attached hydrogens (tertiary/aromatic N) is 5. The molecule has 0 aromatic carbocycles. The second-order valence-corrected chi connectivity index (χ2v) is 8.83. The molecule has 0 radical (unpaired) electrons. The lowest BCUT2D eigenvalue weighted by molar-refractivity contribution is -0.0167. The fourth-order valence-electron chi connectivity index (χ4n) is 2.51. The number of hydrogen-bond acceptors (Lipinski definition) is 6. The van der Waals surface area contributed by atoms with Gasteiger partial charge in [-0.25, -0.2) is 9.59 Å². The molecule has 10 heteroatoms. The molecule has 0 bridgehead atoms. The highest BCUT2D eigenvalue weighted by Gasteiger charge is 2.35. The molecule has 0 aromatic heterocycles. The minimum atomic E-state index is -0.476. The van der Waals surface area contributed by atoms with Gasteiger partial charge in [0.15, 0.2) is 0 Å². The Morgan fingerprint density at radius 2 is 1.37 bits per heavy atom. The molecular formula is C20H41N5O5. The van der Waals surface area contributed by atoms with Crippen LogP contribution in [-0.2, 0) is 9.47 Å². The second kappa shape index (κ2) is 12.5. The van der Waals surface area contributed by atoms with Crippen molar-refractivity contribution in [3.63, 3.8) is 0 Å². The zero-order valence-corrected chi connectivity index (χ0v) is 17.7. The van der Waals surface area contributed by atoms with E-state index in [1.807, 2.05) is 41.5 Å². The van der Waals surface area contributed by atoms with Crippen LogP contribution >= 0.6 is 0 Å². The van der Waals surface area contributed by atoms with Crippen molar-refractivity contribution in [2.45, 2.75) is 92.5 Å². The maximum absolute atomic E-state index is 11.6. The molecular weight excluding hydrogens is 390 g/mol. The average Bonchev–Trinajstić information content (AvgIpc) is 2.42. The Kier molecular flexibility index (Phi) is 12.5. The minimum Gasteiger partial charge on any atom is -0.444 e. The van der Waals surface area contributed by atoms with Crippen LogP contribution in [0.5, 0.6) is 0 Å². The number of ether oxygens (including phenoxy) is 2. The third-order valence-electron chi connectivity index (χ3n) is 4.11. The summed E-state index contributed by atoms with van der Waals surface area (Å²) in [5.41, 5.74) is 7.24. The summed E-state index contributed by atoms with van der Waals surface area (Å²) in [7, 11) is 0. The summed E-state index contributed by atoms with van der Waals surface area (Å²) in [5, 5.41) is 12.3. The molecule has 2 fully saturated rings. The molecule has 176 valence electrons. The fraction of sp³-hybridized carbons (Fsp3) is 0.900. The Morgan fingerprint density at radius 1 is 0.967 bits per heavy atom. The van der Waals surface area contributed by atoms with Crippen LogP contribution in [0.25, 0.3) is 10.4 Å². The van der Waals surface area contributed by atoms with Crippen LogP contribution in [0.1, 0.15) is 69.2 Å². The fourth-order valence-corrected chi connectivity index (χ4v) is 2.51. The van der Waals surface area contributed by atoms with Crippen molar-refractivity contribution >= 4 is 12.2 Å². The molecule has 2 rings (SSSR count).